The molecule has 15 heavy (non-hydrogen) atoms. The molecule has 4 nitrogen and oxygen atoms in total. The maximum atomic E-state index is 11.8. The normalized spacial score (nSPS) is 10.1. The van der Waals surface area contributed by atoms with Gasteiger partial charge in [0.1, 0.15) is 11.4 Å². The van der Waals surface area contributed by atoms with E-state index in [1.54, 1.807) is 6.92 Å². The lowest BCUT2D eigenvalue weighted by Gasteiger charge is -2.04. The quantitative estimate of drug-likeness (QED) is 0.722. The van der Waals surface area contributed by atoms with Gasteiger partial charge in [0.25, 0.3) is 0 Å². The standard InChI is InChI=1S/C9H9F2NO3/c1-2-14-8(13)7-4-3-6(5-12-7)15-9(10)11/h3-5,9H,2H2,1H3. The van der Waals surface area contributed by atoms with E-state index in [0.717, 1.165) is 6.20 Å². The van der Waals surface area contributed by atoms with Crippen molar-refractivity contribution in [1.82, 2.24) is 4.98 Å². The molecular formula is C9H9F2NO3. The van der Waals surface area contributed by atoms with Gasteiger partial charge in [-0.15, -0.1) is 0 Å². The molecule has 0 amide bonds. The van der Waals surface area contributed by atoms with Crippen LogP contribution >= 0.6 is 0 Å². The summed E-state index contributed by atoms with van der Waals surface area (Å²) in [5, 5.41) is 0. The number of rotatable bonds is 4. The number of pyridine rings is 1. The van der Waals surface area contributed by atoms with E-state index in [9.17, 15) is 13.6 Å². The smallest absolute Gasteiger partial charge is 0.387 e. The molecule has 0 N–H and O–H groups in total. The second-order valence-electron chi connectivity index (χ2n) is 2.48. The number of hydrogen-bond acceptors (Lipinski definition) is 4. The van der Waals surface area contributed by atoms with Crippen molar-refractivity contribution in [3.8, 4) is 5.75 Å². The molecule has 0 fully saturated rings. The van der Waals surface area contributed by atoms with Gasteiger partial charge in [0.05, 0.1) is 12.8 Å². The summed E-state index contributed by atoms with van der Waals surface area (Å²) in [4.78, 5) is 14.7. The third-order valence-corrected chi connectivity index (χ3v) is 1.45. The maximum Gasteiger partial charge on any atom is 0.387 e. The van der Waals surface area contributed by atoms with Crippen LogP contribution in [0.5, 0.6) is 5.75 Å². The number of hydrogen-bond donors (Lipinski definition) is 0. The van der Waals surface area contributed by atoms with Crippen LogP contribution in [0.4, 0.5) is 8.78 Å². The Morgan fingerprint density at radius 3 is 2.73 bits per heavy atom. The van der Waals surface area contributed by atoms with E-state index in [-0.39, 0.29) is 18.1 Å². The van der Waals surface area contributed by atoms with Gasteiger partial charge in [0, 0.05) is 0 Å². The van der Waals surface area contributed by atoms with Crippen LogP contribution in [0.25, 0.3) is 0 Å². The molecule has 1 aromatic rings. The second-order valence-corrected chi connectivity index (χ2v) is 2.48. The minimum atomic E-state index is -2.90. The molecule has 82 valence electrons. The molecule has 6 heteroatoms. The number of carbonyl (C=O) groups excluding carboxylic acids is 1. The summed E-state index contributed by atoms with van der Waals surface area (Å²) in [7, 11) is 0. The predicted molar refractivity (Wildman–Crippen MR) is 46.8 cm³/mol. The Balaban J connectivity index is 2.67. The molecule has 0 saturated heterocycles. The fourth-order valence-electron chi connectivity index (χ4n) is 0.879. The monoisotopic (exact) mass is 217 g/mol. The van der Waals surface area contributed by atoms with Crippen molar-refractivity contribution < 1.29 is 23.0 Å². The maximum absolute atomic E-state index is 11.8. The second kappa shape index (κ2) is 5.23. The SMILES string of the molecule is CCOC(=O)c1ccc(OC(F)F)cn1. The largest absolute Gasteiger partial charge is 0.461 e. The predicted octanol–water partition coefficient (Wildman–Crippen LogP) is 1.86. The highest BCUT2D eigenvalue weighted by molar-refractivity contribution is 5.87. The molecule has 0 radical (unpaired) electrons. The van der Waals surface area contributed by atoms with E-state index < -0.39 is 12.6 Å². The number of alkyl halides is 2. The number of nitrogens with zero attached hydrogens (tertiary/aromatic N) is 1. The highest BCUT2D eigenvalue weighted by Gasteiger charge is 2.09. The van der Waals surface area contributed by atoms with Gasteiger partial charge in [0.2, 0.25) is 0 Å². The molecule has 0 unspecified atom stereocenters. The van der Waals surface area contributed by atoms with Crippen molar-refractivity contribution in [3.63, 3.8) is 0 Å². The Morgan fingerprint density at radius 2 is 2.27 bits per heavy atom. The molecular weight excluding hydrogens is 208 g/mol. The van der Waals surface area contributed by atoms with E-state index in [1.165, 1.54) is 12.1 Å². The average molecular weight is 217 g/mol. The van der Waals surface area contributed by atoms with E-state index in [4.69, 9.17) is 0 Å². The zero-order valence-corrected chi connectivity index (χ0v) is 7.94. The van der Waals surface area contributed by atoms with Crippen molar-refractivity contribution in [3.05, 3.63) is 24.0 Å². The van der Waals surface area contributed by atoms with Crippen LogP contribution in [0, 0.1) is 0 Å². The first kappa shape index (κ1) is 11.4. The van der Waals surface area contributed by atoms with Gasteiger partial charge in [0.15, 0.2) is 0 Å². The zero-order valence-electron chi connectivity index (χ0n) is 7.94. The van der Waals surface area contributed by atoms with E-state index >= 15 is 0 Å². The molecule has 1 aromatic heterocycles. The molecule has 0 aromatic carbocycles. The summed E-state index contributed by atoms with van der Waals surface area (Å²) in [6.45, 7) is -1.01. The van der Waals surface area contributed by atoms with E-state index in [0.29, 0.717) is 0 Å². The summed E-state index contributed by atoms with van der Waals surface area (Å²) in [5.41, 5.74) is 0.0541. The molecule has 0 aliphatic rings. The van der Waals surface area contributed by atoms with Gasteiger partial charge in [-0.1, -0.05) is 0 Å². The van der Waals surface area contributed by atoms with Crippen LogP contribution in [0.15, 0.2) is 18.3 Å². The third-order valence-electron chi connectivity index (χ3n) is 1.45. The summed E-state index contributed by atoms with van der Waals surface area (Å²) in [6.07, 6.45) is 1.04. The van der Waals surface area contributed by atoms with Gasteiger partial charge < -0.3 is 9.47 Å². The van der Waals surface area contributed by atoms with Gasteiger partial charge in [-0.25, -0.2) is 9.78 Å². The number of esters is 1. The van der Waals surface area contributed by atoms with Gasteiger partial charge in [-0.05, 0) is 19.1 Å². The van der Waals surface area contributed by atoms with Crippen molar-refractivity contribution >= 4 is 5.97 Å². The fourth-order valence-corrected chi connectivity index (χ4v) is 0.879. The topological polar surface area (TPSA) is 48.4 Å². The summed E-state index contributed by atoms with van der Waals surface area (Å²) >= 11 is 0. The zero-order chi connectivity index (χ0) is 11.3. The lowest BCUT2D eigenvalue weighted by atomic mass is 10.3. The van der Waals surface area contributed by atoms with Gasteiger partial charge in [-0.3, -0.25) is 0 Å². The Kier molecular flexibility index (Phi) is 3.96. The summed E-state index contributed by atoms with van der Waals surface area (Å²) in [5.74, 6) is -0.695. The molecule has 1 heterocycles. The Labute approximate surface area is 84.8 Å². The minimum absolute atomic E-state index is 0.0541. The number of aromatic nitrogens is 1. The molecule has 0 aliphatic carbocycles. The molecule has 1 rings (SSSR count). The first-order chi connectivity index (χ1) is 7.13. The fraction of sp³-hybridized carbons (Fsp3) is 0.333. The van der Waals surface area contributed by atoms with Crippen LogP contribution in [0.2, 0.25) is 0 Å². The molecule has 0 atom stereocenters. The molecule has 0 aliphatic heterocycles. The highest BCUT2D eigenvalue weighted by atomic mass is 19.3. The first-order valence-electron chi connectivity index (χ1n) is 4.21. The molecule has 0 bridgehead atoms. The van der Waals surface area contributed by atoms with Crippen molar-refractivity contribution in [1.29, 1.82) is 0 Å². The lowest BCUT2D eigenvalue weighted by molar-refractivity contribution is -0.0500. The average Bonchev–Trinajstić information content (AvgIpc) is 2.18. The minimum Gasteiger partial charge on any atom is -0.461 e. The lowest BCUT2D eigenvalue weighted by Crippen LogP contribution is -2.07. The van der Waals surface area contributed by atoms with Crippen LogP contribution in [0.3, 0.4) is 0 Å². The van der Waals surface area contributed by atoms with Crippen molar-refractivity contribution in [2.75, 3.05) is 6.61 Å². The molecule has 0 spiro atoms. The molecule has 0 saturated carbocycles. The van der Waals surface area contributed by atoms with Crippen molar-refractivity contribution in [2.45, 2.75) is 13.5 Å². The third kappa shape index (κ3) is 3.49. The van der Waals surface area contributed by atoms with E-state index in [2.05, 4.69) is 14.5 Å². The Hall–Kier alpha value is -1.72. The summed E-state index contributed by atoms with van der Waals surface area (Å²) < 4.78 is 32.2. The Morgan fingerprint density at radius 1 is 1.53 bits per heavy atom. The van der Waals surface area contributed by atoms with Crippen LogP contribution in [-0.2, 0) is 4.74 Å². The Bertz CT molecular complexity index is 327. The summed E-state index contributed by atoms with van der Waals surface area (Å²) in [6, 6.07) is 2.49. The number of halogens is 2. The number of ether oxygens (including phenoxy) is 2. The van der Waals surface area contributed by atoms with Crippen LogP contribution < -0.4 is 4.74 Å². The van der Waals surface area contributed by atoms with Crippen molar-refractivity contribution in [2.24, 2.45) is 0 Å². The van der Waals surface area contributed by atoms with Crippen LogP contribution in [0.1, 0.15) is 17.4 Å². The van der Waals surface area contributed by atoms with Crippen LogP contribution in [-0.4, -0.2) is 24.2 Å². The van der Waals surface area contributed by atoms with Gasteiger partial charge >= 0.3 is 12.6 Å². The number of carbonyl (C=O) groups is 1. The van der Waals surface area contributed by atoms with Gasteiger partial charge in [-0.2, -0.15) is 8.78 Å². The van der Waals surface area contributed by atoms with E-state index in [1.807, 2.05) is 0 Å². The highest BCUT2D eigenvalue weighted by Crippen LogP contribution is 2.12. The first-order valence-corrected chi connectivity index (χ1v) is 4.21.